The van der Waals surface area contributed by atoms with Crippen LogP contribution in [-0.2, 0) is 0 Å². The van der Waals surface area contributed by atoms with Crippen molar-refractivity contribution < 1.29 is 8.83 Å². The zero-order valence-electron chi connectivity index (χ0n) is 20.4. The zero-order valence-corrected chi connectivity index (χ0v) is 22.0. The van der Waals surface area contributed by atoms with Gasteiger partial charge in [0.2, 0.25) is 0 Å². The Kier molecular flexibility index (Phi) is 4.90. The molecule has 8 rings (SSSR count). The van der Waals surface area contributed by atoms with Gasteiger partial charge in [0.1, 0.15) is 22.3 Å². The number of hydrogen-bond donors (Lipinski definition) is 0. The summed E-state index contributed by atoms with van der Waals surface area (Å²) in [6.07, 6.45) is 0. The largest absolute Gasteiger partial charge is 0.456 e. The van der Waals surface area contributed by atoms with Crippen molar-refractivity contribution >= 4 is 59.8 Å². The Morgan fingerprint density at radius 1 is 0.410 bits per heavy atom. The summed E-state index contributed by atoms with van der Waals surface area (Å²) in [5.41, 5.74) is 5.92. The fourth-order valence-electron chi connectivity index (χ4n) is 5.09. The Morgan fingerprint density at radius 3 is 1.33 bits per heavy atom. The first-order chi connectivity index (χ1) is 19.2. The summed E-state index contributed by atoms with van der Waals surface area (Å²) in [5, 5.41) is 4.30. The molecule has 0 radical (unpaired) electrons. The number of para-hydroxylation sites is 2. The molecule has 0 aliphatic carbocycles. The van der Waals surface area contributed by atoms with Crippen LogP contribution in [0.1, 0.15) is 0 Å². The lowest BCUT2D eigenvalue weighted by Crippen LogP contribution is -2.00. The van der Waals surface area contributed by atoms with Crippen LogP contribution < -0.4 is 0 Å². The summed E-state index contributed by atoms with van der Waals surface area (Å²) in [4.78, 5) is 14.7. The maximum absolute atomic E-state index is 6.15. The molecule has 0 spiro atoms. The fourth-order valence-corrected chi connectivity index (χ4v) is 5.36. The highest BCUT2D eigenvalue weighted by Gasteiger charge is 2.16. The molecule has 5 aromatic carbocycles. The van der Waals surface area contributed by atoms with Crippen LogP contribution in [0.3, 0.4) is 0 Å². The van der Waals surface area contributed by atoms with E-state index < -0.39 is 0 Å². The summed E-state index contributed by atoms with van der Waals surface area (Å²) in [6, 6.07) is 36.3. The Morgan fingerprint density at radius 2 is 0.821 bits per heavy atom. The first-order valence-corrected chi connectivity index (χ1v) is 13.3. The van der Waals surface area contributed by atoms with Gasteiger partial charge in [0, 0.05) is 42.7 Å². The van der Waals surface area contributed by atoms with Gasteiger partial charge in [-0.2, -0.15) is 0 Å². The van der Waals surface area contributed by atoms with Crippen LogP contribution in [0.4, 0.5) is 0 Å². The molecule has 0 unspecified atom stereocenters. The number of fused-ring (bicyclic) bond motifs is 6. The van der Waals surface area contributed by atoms with Crippen molar-refractivity contribution in [3.05, 3.63) is 114 Å². The van der Waals surface area contributed by atoms with Gasteiger partial charge in [-0.3, -0.25) is 0 Å². The van der Waals surface area contributed by atoms with E-state index in [0.29, 0.717) is 17.5 Å². The first-order valence-electron chi connectivity index (χ1n) is 12.5. The van der Waals surface area contributed by atoms with Gasteiger partial charge in [-0.05, 0) is 48.5 Å². The van der Waals surface area contributed by atoms with E-state index in [1.54, 1.807) is 0 Å². The number of benzene rings is 5. The van der Waals surface area contributed by atoms with Gasteiger partial charge in [0.15, 0.2) is 17.5 Å². The number of rotatable bonds is 3. The summed E-state index contributed by atoms with van der Waals surface area (Å²) in [6.45, 7) is 0. The second kappa shape index (κ2) is 8.61. The van der Waals surface area contributed by atoms with Crippen LogP contribution in [0.15, 0.2) is 123 Å². The number of nitrogens with zero attached hydrogens (tertiary/aromatic N) is 3. The van der Waals surface area contributed by atoms with Crippen LogP contribution in [0.25, 0.3) is 78.0 Å². The second-order valence-electron chi connectivity index (χ2n) is 9.43. The van der Waals surface area contributed by atoms with E-state index in [2.05, 4.69) is 40.2 Å². The van der Waals surface area contributed by atoms with Gasteiger partial charge in [-0.15, -0.1) is 0 Å². The molecule has 0 aliphatic rings. The van der Waals surface area contributed by atoms with Crippen molar-refractivity contribution in [2.45, 2.75) is 0 Å². The molecule has 0 N–H and O–H groups in total. The number of halogens is 1. The maximum Gasteiger partial charge on any atom is 0.164 e. The van der Waals surface area contributed by atoms with Crippen LogP contribution in [-0.4, -0.2) is 15.0 Å². The van der Waals surface area contributed by atoms with Gasteiger partial charge in [-0.1, -0.05) is 76.6 Å². The summed E-state index contributed by atoms with van der Waals surface area (Å²) in [7, 11) is 0. The molecule has 6 heteroatoms. The smallest absolute Gasteiger partial charge is 0.164 e. The summed E-state index contributed by atoms with van der Waals surface area (Å²) < 4.78 is 13.3. The maximum atomic E-state index is 6.15. The second-order valence-corrected chi connectivity index (χ2v) is 10.3. The number of aromatic nitrogens is 3. The number of furan rings is 2. The van der Waals surface area contributed by atoms with E-state index >= 15 is 0 Å². The van der Waals surface area contributed by atoms with E-state index in [0.717, 1.165) is 65.0 Å². The molecule has 39 heavy (non-hydrogen) atoms. The average Bonchev–Trinajstić information content (AvgIpc) is 3.54. The monoisotopic (exact) mass is 567 g/mol. The molecule has 3 aromatic heterocycles. The minimum Gasteiger partial charge on any atom is -0.456 e. The molecule has 0 atom stereocenters. The third-order valence-corrected chi connectivity index (χ3v) is 7.54. The predicted octanol–water partition coefficient (Wildman–Crippen LogP) is 9.43. The van der Waals surface area contributed by atoms with Crippen molar-refractivity contribution in [1.29, 1.82) is 0 Å². The number of hydrogen-bond acceptors (Lipinski definition) is 5. The minimum atomic E-state index is 0.574. The Hall–Kier alpha value is -4.81. The lowest BCUT2D eigenvalue weighted by atomic mass is 10.1. The molecule has 0 amide bonds. The highest BCUT2D eigenvalue weighted by molar-refractivity contribution is 9.10. The molecule has 5 nitrogen and oxygen atoms in total. The van der Waals surface area contributed by atoms with Gasteiger partial charge in [-0.25, -0.2) is 15.0 Å². The van der Waals surface area contributed by atoms with Gasteiger partial charge in [0.05, 0.1) is 0 Å². The normalized spacial score (nSPS) is 11.7. The quantitative estimate of drug-likeness (QED) is 0.212. The topological polar surface area (TPSA) is 65.0 Å². The van der Waals surface area contributed by atoms with Gasteiger partial charge in [0.25, 0.3) is 0 Å². The molecule has 0 saturated carbocycles. The summed E-state index contributed by atoms with van der Waals surface area (Å²) >= 11 is 3.52. The highest BCUT2D eigenvalue weighted by atomic mass is 79.9. The van der Waals surface area contributed by atoms with E-state index in [4.69, 9.17) is 23.8 Å². The minimum absolute atomic E-state index is 0.574. The first kappa shape index (κ1) is 22.2. The summed E-state index contributed by atoms with van der Waals surface area (Å²) in [5.74, 6) is 1.74. The molecule has 0 aliphatic heterocycles. The molecule has 3 heterocycles. The molecular formula is C33H18BrN3O2. The third-order valence-electron chi connectivity index (χ3n) is 7.01. The van der Waals surface area contributed by atoms with Crippen LogP contribution in [0.5, 0.6) is 0 Å². The van der Waals surface area contributed by atoms with E-state index in [1.165, 1.54) is 0 Å². The van der Waals surface area contributed by atoms with Gasteiger partial charge < -0.3 is 8.83 Å². The predicted molar refractivity (Wildman–Crippen MR) is 158 cm³/mol. The lowest BCUT2D eigenvalue weighted by Gasteiger charge is -2.08. The third kappa shape index (κ3) is 3.72. The molecule has 8 aromatic rings. The molecule has 0 bridgehead atoms. The Bertz CT molecular complexity index is 2060. The van der Waals surface area contributed by atoms with Crippen molar-refractivity contribution in [2.24, 2.45) is 0 Å². The molecule has 0 saturated heterocycles. The highest BCUT2D eigenvalue weighted by Crippen LogP contribution is 2.34. The van der Waals surface area contributed by atoms with E-state index in [-0.39, 0.29) is 0 Å². The van der Waals surface area contributed by atoms with Crippen molar-refractivity contribution in [3.63, 3.8) is 0 Å². The van der Waals surface area contributed by atoms with Crippen molar-refractivity contribution in [1.82, 2.24) is 15.0 Å². The van der Waals surface area contributed by atoms with E-state index in [9.17, 15) is 0 Å². The molecule has 184 valence electrons. The standard InChI is InChI=1S/C33H18BrN3O2/c34-22-13-9-19(10-14-22)31-35-32(20-11-15-25-23-5-1-3-7-27(23)38-29(25)17-20)37-33(36-31)21-12-16-26-24-6-2-4-8-28(24)39-30(26)18-21/h1-18H. The van der Waals surface area contributed by atoms with Crippen LogP contribution >= 0.6 is 15.9 Å². The van der Waals surface area contributed by atoms with Crippen molar-refractivity contribution in [2.75, 3.05) is 0 Å². The Labute approximate surface area is 230 Å². The molecular weight excluding hydrogens is 550 g/mol. The van der Waals surface area contributed by atoms with Gasteiger partial charge >= 0.3 is 0 Å². The van der Waals surface area contributed by atoms with E-state index in [1.807, 2.05) is 84.9 Å². The zero-order chi connectivity index (χ0) is 25.9. The molecule has 0 fully saturated rings. The SMILES string of the molecule is Brc1ccc(-c2nc(-c3ccc4c(c3)oc3ccccc34)nc(-c3ccc4c(c3)oc3ccccc34)n2)cc1. The van der Waals surface area contributed by atoms with Crippen molar-refractivity contribution in [3.8, 4) is 34.2 Å². The Balaban J connectivity index is 1.32. The average molecular weight is 568 g/mol. The van der Waals surface area contributed by atoms with Crippen LogP contribution in [0, 0.1) is 0 Å². The van der Waals surface area contributed by atoms with Crippen LogP contribution in [0.2, 0.25) is 0 Å². The lowest BCUT2D eigenvalue weighted by molar-refractivity contribution is 0.668. The fraction of sp³-hybridized carbons (Fsp3) is 0.